The molecule has 0 saturated carbocycles. The molecule has 1 saturated heterocycles. The molecule has 0 unspecified atom stereocenters. The van der Waals surface area contributed by atoms with Crippen LogP contribution in [0.1, 0.15) is 87.1 Å². The van der Waals surface area contributed by atoms with E-state index in [2.05, 4.69) is 79.9 Å². The molecular weight excluding hydrogens is 535 g/mol. The molecular formula is C32H59NO5Si2. The van der Waals surface area contributed by atoms with Gasteiger partial charge in [-0.3, -0.25) is 4.90 Å². The number of unbranched alkanes of at least 4 members (excludes halogenated alkanes) is 1. The zero-order chi connectivity index (χ0) is 30.6. The van der Waals surface area contributed by atoms with E-state index >= 15 is 0 Å². The van der Waals surface area contributed by atoms with Crippen LogP contribution in [0, 0.1) is 0 Å². The normalized spacial score (nSPS) is 21.1. The van der Waals surface area contributed by atoms with Crippen LogP contribution < -0.4 is 0 Å². The highest BCUT2D eigenvalue weighted by Gasteiger charge is 2.53. The van der Waals surface area contributed by atoms with Gasteiger partial charge in [-0.25, -0.2) is 4.79 Å². The van der Waals surface area contributed by atoms with Gasteiger partial charge in [0.2, 0.25) is 0 Å². The Bertz CT molecular complexity index is 931. The van der Waals surface area contributed by atoms with E-state index in [1.807, 2.05) is 43.9 Å². The molecule has 1 aromatic carbocycles. The maximum Gasteiger partial charge on any atom is 0.410 e. The van der Waals surface area contributed by atoms with E-state index in [0.717, 1.165) is 19.3 Å². The number of amides is 1. The first-order chi connectivity index (χ1) is 18.1. The molecule has 1 heterocycles. The lowest BCUT2D eigenvalue weighted by atomic mass is 10.0. The molecule has 0 spiro atoms. The Labute approximate surface area is 247 Å². The number of benzene rings is 1. The summed E-state index contributed by atoms with van der Waals surface area (Å²) in [4.78, 5) is 15.5. The number of likely N-dealkylation sites (tertiary alicyclic amines) is 1. The summed E-state index contributed by atoms with van der Waals surface area (Å²) in [6, 6.07) is 10.2. The van der Waals surface area contributed by atoms with E-state index in [1.165, 1.54) is 5.56 Å². The first-order valence-corrected chi connectivity index (χ1v) is 20.9. The maximum atomic E-state index is 13.6. The van der Waals surface area contributed by atoms with Crippen molar-refractivity contribution in [3.8, 4) is 0 Å². The molecule has 0 aliphatic carbocycles. The number of rotatable bonds is 11. The molecule has 1 aliphatic rings. The molecule has 1 aromatic rings. The van der Waals surface area contributed by atoms with Crippen molar-refractivity contribution in [1.29, 1.82) is 0 Å². The van der Waals surface area contributed by atoms with Gasteiger partial charge >= 0.3 is 6.09 Å². The van der Waals surface area contributed by atoms with Crippen molar-refractivity contribution in [2.24, 2.45) is 0 Å². The molecule has 6 nitrogen and oxygen atoms in total. The van der Waals surface area contributed by atoms with Crippen LogP contribution in [-0.2, 0) is 24.9 Å². The fraction of sp³-hybridized carbons (Fsp3) is 0.781. The van der Waals surface area contributed by atoms with E-state index in [9.17, 15) is 4.79 Å². The van der Waals surface area contributed by atoms with Crippen molar-refractivity contribution < 1.29 is 23.1 Å². The van der Waals surface area contributed by atoms with Crippen molar-refractivity contribution in [3.05, 3.63) is 35.9 Å². The largest absolute Gasteiger partial charge is 0.444 e. The summed E-state index contributed by atoms with van der Waals surface area (Å²) in [6.07, 6.45) is 2.04. The first-order valence-electron chi connectivity index (χ1n) is 15.1. The van der Waals surface area contributed by atoms with Gasteiger partial charge in [-0.2, -0.15) is 0 Å². The zero-order valence-corrected chi connectivity index (χ0v) is 29.8. The second-order valence-corrected chi connectivity index (χ2v) is 25.0. The highest BCUT2D eigenvalue weighted by atomic mass is 28.4. The molecule has 0 N–H and O–H groups in total. The summed E-state index contributed by atoms with van der Waals surface area (Å²) < 4.78 is 26.0. The smallest absolute Gasteiger partial charge is 0.410 e. The minimum atomic E-state index is -2.15. The Hall–Kier alpha value is -1.20. The number of ether oxygens (including phenoxy) is 2. The van der Waals surface area contributed by atoms with Gasteiger partial charge in [-0.15, -0.1) is 0 Å². The summed E-state index contributed by atoms with van der Waals surface area (Å²) >= 11 is 0. The quantitative estimate of drug-likeness (QED) is 0.190. The number of carbonyl (C=O) groups excluding carboxylic acids is 1. The highest BCUT2D eigenvalue weighted by Crippen LogP contribution is 2.43. The van der Waals surface area contributed by atoms with Crippen LogP contribution in [0.4, 0.5) is 4.79 Å². The van der Waals surface area contributed by atoms with Crippen molar-refractivity contribution in [2.45, 2.75) is 148 Å². The van der Waals surface area contributed by atoms with Gasteiger partial charge in [0, 0.05) is 6.61 Å². The van der Waals surface area contributed by atoms with Crippen molar-refractivity contribution in [2.75, 3.05) is 13.2 Å². The maximum absolute atomic E-state index is 13.6. The Kier molecular flexibility index (Phi) is 11.7. The molecule has 1 fully saturated rings. The third kappa shape index (κ3) is 9.97. The van der Waals surface area contributed by atoms with E-state index in [-0.39, 0.29) is 34.4 Å². The van der Waals surface area contributed by atoms with Gasteiger partial charge in [0.15, 0.2) is 16.6 Å². The minimum absolute atomic E-state index is 0.0453. The summed E-state index contributed by atoms with van der Waals surface area (Å²) in [5.41, 5.74) is 0.615. The number of hydrogen-bond donors (Lipinski definition) is 0. The topological polar surface area (TPSA) is 57.2 Å². The van der Waals surface area contributed by atoms with Crippen LogP contribution in [0.3, 0.4) is 0 Å². The molecule has 0 radical (unpaired) electrons. The lowest BCUT2D eigenvalue weighted by Crippen LogP contribution is -2.53. The van der Waals surface area contributed by atoms with Gasteiger partial charge in [0.1, 0.15) is 5.60 Å². The summed E-state index contributed by atoms with van der Waals surface area (Å²) in [5.74, 6) is 0. The van der Waals surface area contributed by atoms with E-state index in [1.54, 1.807) is 0 Å². The van der Waals surface area contributed by atoms with E-state index in [0.29, 0.717) is 19.8 Å². The Morgan fingerprint density at radius 1 is 0.850 bits per heavy atom. The molecule has 230 valence electrons. The second-order valence-electron chi connectivity index (χ2n) is 15.5. The SMILES string of the molecule is CC(C)(C)OC(=O)N1C[C@H](O[Si](C)(C)C(C)(C)C)[C@@H](O[Si](C)(C)C(C)(C)C)[C@@H]1CCCCOCc1ccccc1. The molecule has 1 amide bonds. The zero-order valence-electron chi connectivity index (χ0n) is 27.8. The summed E-state index contributed by atoms with van der Waals surface area (Å²) in [7, 11) is -4.27. The van der Waals surface area contributed by atoms with E-state index in [4.69, 9.17) is 18.3 Å². The predicted octanol–water partition coefficient (Wildman–Crippen LogP) is 8.77. The highest BCUT2D eigenvalue weighted by molar-refractivity contribution is 6.74. The molecule has 0 bridgehead atoms. The Morgan fingerprint density at radius 2 is 1.40 bits per heavy atom. The third-order valence-electron chi connectivity index (χ3n) is 8.79. The Morgan fingerprint density at radius 3 is 1.93 bits per heavy atom. The molecule has 40 heavy (non-hydrogen) atoms. The lowest BCUT2D eigenvalue weighted by Gasteiger charge is -2.44. The minimum Gasteiger partial charge on any atom is -0.444 e. The van der Waals surface area contributed by atoms with Gasteiger partial charge in [-0.1, -0.05) is 71.9 Å². The summed E-state index contributed by atoms with van der Waals surface area (Å²) in [6.45, 7) is 30.3. The molecule has 8 heteroatoms. The van der Waals surface area contributed by atoms with E-state index < -0.39 is 22.2 Å². The van der Waals surface area contributed by atoms with Gasteiger partial charge in [0.25, 0.3) is 0 Å². The molecule has 2 rings (SSSR count). The average molecular weight is 594 g/mol. The number of carbonyl (C=O) groups is 1. The van der Waals surface area contributed by atoms with Crippen LogP contribution in [0.5, 0.6) is 0 Å². The van der Waals surface area contributed by atoms with Crippen molar-refractivity contribution in [3.63, 3.8) is 0 Å². The van der Waals surface area contributed by atoms with Crippen LogP contribution >= 0.6 is 0 Å². The lowest BCUT2D eigenvalue weighted by molar-refractivity contribution is 0.0138. The van der Waals surface area contributed by atoms with Crippen molar-refractivity contribution >= 4 is 22.7 Å². The molecule has 3 atom stereocenters. The number of nitrogens with zero attached hydrogens (tertiary/aromatic N) is 1. The van der Waals surface area contributed by atoms with Gasteiger partial charge < -0.3 is 18.3 Å². The van der Waals surface area contributed by atoms with Crippen LogP contribution in [-0.4, -0.2) is 64.6 Å². The fourth-order valence-electron chi connectivity index (χ4n) is 4.36. The first kappa shape index (κ1) is 35.0. The third-order valence-corrected chi connectivity index (χ3v) is 17.8. The predicted molar refractivity (Wildman–Crippen MR) is 171 cm³/mol. The van der Waals surface area contributed by atoms with Crippen molar-refractivity contribution in [1.82, 2.24) is 4.90 Å². The fourth-order valence-corrected chi connectivity index (χ4v) is 7.02. The average Bonchev–Trinajstić information content (AvgIpc) is 3.10. The van der Waals surface area contributed by atoms with Gasteiger partial charge in [0.05, 0.1) is 31.4 Å². The number of hydrogen-bond acceptors (Lipinski definition) is 5. The van der Waals surface area contributed by atoms with Gasteiger partial charge in [-0.05, 0) is 81.9 Å². The van der Waals surface area contributed by atoms with Crippen LogP contribution in [0.25, 0.3) is 0 Å². The van der Waals surface area contributed by atoms with Crippen LogP contribution in [0.2, 0.25) is 36.3 Å². The Balaban J connectivity index is 2.27. The molecule has 0 aromatic heterocycles. The monoisotopic (exact) mass is 593 g/mol. The molecule has 1 aliphatic heterocycles. The second kappa shape index (κ2) is 13.4. The summed E-state index contributed by atoms with van der Waals surface area (Å²) in [5, 5.41) is 0.100. The van der Waals surface area contributed by atoms with Crippen LogP contribution in [0.15, 0.2) is 30.3 Å². The standard InChI is InChI=1S/C32H59NO5Si2/c1-30(2,3)36-29(34)33-23-27(37-39(10,11)31(4,5)6)28(38-40(12,13)32(7,8)9)26(33)21-17-18-22-35-24-25-19-15-14-16-20-25/h14-16,19-20,26-28H,17-18,21-24H2,1-13H3/t26-,27-,28-/m0/s1.